The van der Waals surface area contributed by atoms with Gasteiger partial charge in [-0.25, -0.2) is 4.98 Å². The van der Waals surface area contributed by atoms with E-state index in [-0.39, 0.29) is 24.2 Å². The van der Waals surface area contributed by atoms with Crippen LogP contribution in [0.4, 0.5) is 0 Å². The van der Waals surface area contributed by atoms with Crippen molar-refractivity contribution in [3.63, 3.8) is 0 Å². The number of carbonyl (C=O) groups is 2. The van der Waals surface area contributed by atoms with Gasteiger partial charge in [0, 0.05) is 20.0 Å². The van der Waals surface area contributed by atoms with E-state index in [0.29, 0.717) is 18.9 Å². The molecule has 0 saturated carbocycles. The van der Waals surface area contributed by atoms with Crippen molar-refractivity contribution in [2.24, 2.45) is 13.0 Å². The largest absolute Gasteiger partial charge is 0.355 e. The maximum atomic E-state index is 11.6. The number of hydrogen-bond donors (Lipinski definition) is 2. The highest BCUT2D eigenvalue weighted by molar-refractivity contribution is 5.89. The molecule has 0 radical (unpaired) electrons. The molecule has 0 bridgehead atoms. The molecule has 2 N–H and O–H groups in total. The summed E-state index contributed by atoms with van der Waals surface area (Å²) in [4.78, 5) is 26.5. The van der Waals surface area contributed by atoms with Crippen molar-refractivity contribution < 1.29 is 9.59 Å². The predicted octanol–water partition coefficient (Wildman–Crippen LogP) is -1.43. The Kier molecular flexibility index (Phi) is 2.84. The molecule has 2 amide bonds. The summed E-state index contributed by atoms with van der Waals surface area (Å²) in [5.74, 6) is 0.0891. The van der Waals surface area contributed by atoms with Gasteiger partial charge in [0.2, 0.25) is 11.8 Å². The fourth-order valence-electron chi connectivity index (χ4n) is 1.57. The Bertz CT molecular complexity index is 414. The van der Waals surface area contributed by atoms with Gasteiger partial charge < -0.3 is 10.6 Å². The minimum Gasteiger partial charge on any atom is -0.355 e. The van der Waals surface area contributed by atoms with Crippen molar-refractivity contribution in [3.8, 4) is 0 Å². The van der Waals surface area contributed by atoms with E-state index >= 15 is 0 Å². The molecule has 1 aromatic rings. The number of hydrogen-bond acceptors (Lipinski definition) is 4. The van der Waals surface area contributed by atoms with Crippen LogP contribution in [0, 0.1) is 5.92 Å². The van der Waals surface area contributed by atoms with Gasteiger partial charge in [-0.05, 0) is 0 Å². The molecule has 1 fully saturated rings. The average Bonchev–Trinajstić information content (AvgIpc) is 2.84. The van der Waals surface area contributed by atoms with Crippen LogP contribution >= 0.6 is 0 Å². The maximum absolute atomic E-state index is 11.6. The van der Waals surface area contributed by atoms with E-state index < -0.39 is 0 Å². The summed E-state index contributed by atoms with van der Waals surface area (Å²) in [6.45, 7) is 0.713. The van der Waals surface area contributed by atoms with Crippen molar-refractivity contribution in [2.45, 2.75) is 13.0 Å². The van der Waals surface area contributed by atoms with Gasteiger partial charge in [-0.15, -0.1) is 0 Å². The second kappa shape index (κ2) is 4.30. The Morgan fingerprint density at radius 3 is 3.12 bits per heavy atom. The first-order valence-electron chi connectivity index (χ1n) is 5.04. The Morgan fingerprint density at radius 1 is 1.75 bits per heavy atom. The topological polar surface area (TPSA) is 88.9 Å². The lowest BCUT2D eigenvalue weighted by molar-refractivity contribution is -0.126. The van der Waals surface area contributed by atoms with E-state index in [4.69, 9.17) is 0 Å². The molecule has 7 heteroatoms. The van der Waals surface area contributed by atoms with E-state index in [1.807, 2.05) is 0 Å². The van der Waals surface area contributed by atoms with E-state index in [2.05, 4.69) is 20.7 Å². The first-order chi connectivity index (χ1) is 7.65. The molecule has 1 saturated heterocycles. The number of aromatic nitrogens is 3. The van der Waals surface area contributed by atoms with Gasteiger partial charge in [0.05, 0.1) is 12.5 Å². The van der Waals surface area contributed by atoms with Gasteiger partial charge in [0.25, 0.3) is 0 Å². The quantitative estimate of drug-likeness (QED) is 0.657. The third-order valence-corrected chi connectivity index (χ3v) is 2.42. The third kappa shape index (κ3) is 2.36. The van der Waals surface area contributed by atoms with Gasteiger partial charge in [-0.3, -0.25) is 14.3 Å². The van der Waals surface area contributed by atoms with Crippen molar-refractivity contribution in [3.05, 3.63) is 12.2 Å². The lowest BCUT2D eigenvalue weighted by Crippen LogP contribution is -2.31. The molecule has 0 aliphatic carbocycles. The molecule has 0 spiro atoms. The Morgan fingerprint density at radius 2 is 2.56 bits per heavy atom. The second-order valence-corrected chi connectivity index (χ2v) is 3.76. The summed E-state index contributed by atoms with van der Waals surface area (Å²) >= 11 is 0. The Balaban J connectivity index is 1.82. The lowest BCUT2D eigenvalue weighted by Gasteiger charge is -2.06. The molecule has 1 atom stereocenters. The van der Waals surface area contributed by atoms with E-state index in [1.54, 1.807) is 18.1 Å². The van der Waals surface area contributed by atoms with Gasteiger partial charge in [0.1, 0.15) is 6.33 Å². The molecule has 1 aliphatic heterocycles. The fraction of sp³-hybridized carbons (Fsp3) is 0.556. The molecule has 1 unspecified atom stereocenters. The molecule has 86 valence electrons. The average molecular weight is 223 g/mol. The summed E-state index contributed by atoms with van der Waals surface area (Å²) in [5.41, 5.74) is 0. The summed E-state index contributed by atoms with van der Waals surface area (Å²) in [6.07, 6.45) is 1.84. The van der Waals surface area contributed by atoms with Crippen molar-refractivity contribution in [1.29, 1.82) is 0 Å². The predicted molar refractivity (Wildman–Crippen MR) is 54.0 cm³/mol. The first-order valence-corrected chi connectivity index (χ1v) is 5.04. The normalized spacial score (nSPS) is 19.6. The van der Waals surface area contributed by atoms with Crippen LogP contribution in [0.25, 0.3) is 0 Å². The van der Waals surface area contributed by atoms with Crippen molar-refractivity contribution in [1.82, 2.24) is 25.4 Å². The maximum Gasteiger partial charge on any atom is 0.225 e. The van der Waals surface area contributed by atoms with E-state index in [9.17, 15) is 9.59 Å². The number of rotatable bonds is 3. The zero-order valence-electron chi connectivity index (χ0n) is 8.93. The van der Waals surface area contributed by atoms with E-state index in [1.165, 1.54) is 0 Å². The molecule has 0 aromatic carbocycles. The number of nitrogens with one attached hydrogen (secondary N) is 2. The molecule has 1 aromatic heterocycles. The summed E-state index contributed by atoms with van der Waals surface area (Å²) in [6, 6.07) is 0. The molecule has 2 heterocycles. The van der Waals surface area contributed by atoms with Crippen LogP contribution in [0.15, 0.2) is 6.33 Å². The van der Waals surface area contributed by atoms with Gasteiger partial charge >= 0.3 is 0 Å². The van der Waals surface area contributed by atoms with Crippen molar-refractivity contribution >= 4 is 11.8 Å². The summed E-state index contributed by atoms with van der Waals surface area (Å²) in [5, 5.41) is 9.36. The second-order valence-electron chi connectivity index (χ2n) is 3.76. The molecular weight excluding hydrogens is 210 g/mol. The zero-order valence-corrected chi connectivity index (χ0v) is 8.93. The minimum atomic E-state index is -0.267. The summed E-state index contributed by atoms with van der Waals surface area (Å²) < 4.78 is 1.57. The molecular formula is C9H13N5O2. The van der Waals surface area contributed by atoms with Crippen molar-refractivity contribution in [2.75, 3.05) is 6.54 Å². The van der Waals surface area contributed by atoms with Crippen LogP contribution in [0.3, 0.4) is 0 Å². The fourth-order valence-corrected chi connectivity index (χ4v) is 1.57. The first kappa shape index (κ1) is 10.6. The Hall–Kier alpha value is -1.92. The highest BCUT2D eigenvalue weighted by atomic mass is 16.2. The number of amides is 2. The van der Waals surface area contributed by atoms with Crippen LogP contribution in [0.1, 0.15) is 12.2 Å². The number of aryl methyl sites for hydroxylation is 1. The standard InChI is InChI=1S/C9H13N5O2/c1-14-5-12-7(13-14)4-11-9(16)6-2-8(15)10-3-6/h5-6H,2-4H2,1H3,(H,10,15)(H,11,16). The molecule has 2 rings (SSSR count). The Labute approximate surface area is 92.2 Å². The number of nitrogens with zero attached hydrogens (tertiary/aromatic N) is 3. The third-order valence-electron chi connectivity index (χ3n) is 2.42. The highest BCUT2D eigenvalue weighted by Gasteiger charge is 2.27. The summed E-state index contributed by atoms with van der Waals surface area (Å²) in [7, 11) is 1.76. The highest BCUT2D eigenvalue weighted by Crippen LogP contribution is 2.08. The monoisotopic (exact) mass is 223 g/mol. The van der Waals surface area contributed by atoms with E-state index in [0.717, 1.165) is 0 Å². The molecule has 7 nitrogen and oxygen atoms in total. The van der Waals surface area contributed by atoms with Crippen LogP contribution in [-0.4, -0.2) is 33.1 Å². The van der Waals surface area contributed by atoms with Gasteiger partial charge in [-0.2, -0.15) is 5.10 Å². The SMILES string of the molecule is Cn1cnc(CNC(=O)C2CNC(=O)C2)n1. The number of carbonyl (C=O) groups excluding carboxylic acids is 2. The van der Waals surface area contributed by atoms with Gasteiger partial charge in [0.15, 0.2) is 5.82 Å². The lowest BCUT2D eigenvalue weighted by atomic mass is 10.1. The van der Waals surface area contributed by atoms with Crippen LogP contribution in [0.2, 0.25) is 0 Å². The molecule has 1 aliphatic rings. The molecule has 16 heavy (non-hydrogen) atoms. The minimum absolute atomic E-state index is 0.0730. The van der Waals surface area contributed by atoms with Crippen LogP contribution in [-0.2, 0) is 23.2 Å². The van der Waals surface area contributed by atoms with Crippen LogP contribution < -0.4 is 10.6 Å². The van der Waals surface area contributed by atoms with Gasteiger partial charge in [-0.1, -0.05) is 0 Å². The zero-order chi connectivity index (χ0) is 11.5. The smallest absolute Gasteiger partial charge is 0.225 e. The van der Waals surface area contributed by atoms with Crippen LogP contribution in [0.5, 0.6) is 0 Å².